The SMILES string of the molecule is COc1ccc(C(NN)c2ccsc2C)c(OC)c1OC. The lowest BCUT2D eigenvalue weighted by Gasteiger charge is -2.22. The molecule has 5 nitrogen and oxygen atoms in total. The van der Waals surface area contributed by atoms with Crippen LogP contribution in [0.5, 0.6) is 17.2 Å². The summed E-state index contributed by atoms with van der Waals surface area (Å²) < 4.78 is 16.3. The Balaban J connectivity index is 2.59. The van der Waals surface area contributed by atoms with E-state index in [2.05, 4.69) is 18.4 Å². The van der Waals surface area contributed by atoms with Gasteiger partial charge in [0.1, 0.15) is 0 Å². The van der Waals surface area contributed by atoms with Crippen LogP contribution in [-0.2, 0) is 0 Å². The van der Waals surface area contributed by atoms with Crippen molar-refractivity contribution in [3.8, 4) is 17.2 Å². The van der Waals surface area contributed by atoms with Crippen LogP contribution in [0.4, 0.5) is 0 Å². The van der Waals surface area contributed by atoms with Gasteiger partial charge in [-0.25, -0.2) is 5.43 Å². The molecule has 1 unspecified atom stereocenters. The molecule has 21 heavy (non-hydrogen) atoms. The molecule has 0 radical (unpaired) electrons. The largest absolute Gasteiger partial charge is 0.493 e. The predicted molar refractivity (Wildman–Crippen MR) is 84.3 cm³/mol. The molecule has 0 bridgehead atoms. The fourth-order valence-electron chi connectivity index (χ4n) is 2.39. The molecule has 6 heteroatoms. The molecule has 114 valence electrons. The Hall–Kier alpha value is -1.76. The van der Waals surface area contributed by atoms with Crippen molar-refractivity contribution in [2.75, 3.05) is 21.3 Å². The summed E-state index contributed by atoms with van der Waals surface area (Å²) in [5.74, 6) is 7.58. The maximum atomic E-state index is 5.78. The van der Waals surface area contributed by atoms with Gasteiger partial charge in [-0.15, -0.1) is 11.3 Å². The summed E-state index contributed by atoms with van der Waals surface area (Å²) in [6, 6.07) is 5.66. The average Bonchev–Trinajstić information content (AvgIpc) is 2.93. The molecule has 3 N–H and O–H groups in total. The molecular formula is C15H20N2O3S. The Morgan fingerprint density at radius 3 is 2.19 bits per heavy atom. The number of nitrogens with one attached hydrogen (secondary N) is 1. The maximum Gasteiger partial charge on any atom is 0.203 e. The van der Waals surface area contributed by atoms with Gasteiger partial charge >= 0.3 is 0 Å². The first-order chi connectivity index (χ1) is 10.2. The minimum absolute atomic E-state index is 0.175. The molecule has 1 aromatic carbocycles. The number of ether oxygens (including phenoxy) is 3. The molecule has 1 heterocycles. The zero-order valence-electron chi connectivity index (χ0n) is 12.6. The van der Waals surface area contributed by atoms with Gasteiger partial charge in [-0.1, -0.05) is 0 Å². The van der Waals surface area contributed by atoms with E-state index >= 15 is 0 Å². The molecule has 0 fully saturated rings. The van der Waals surface area contributed by atoms with Gasteiger partial charge in [0.2, 0.25) is 5.75 Å². The quantitative estimate of drug-likeness (QED) is 0.634. The molecular weight excluding hydrogens is 288 g/mol. The fourth-order valence-corrected chi connectivity index (χ4v) is 3.13. The summed E-state index contributed by atoms with van der Waals surface area (Å²) in [6.07, 6.45) is 0. The first-order valence-corrected chi connectivity index (χ1v) is 7.34. The lowest BCUT2D eigenvalue weighted by atomic mass is 9.98. The van der Waals surface area contributed by atoms with Gasteiger partial charge in [0, 0.05) is 10.4 Å². The van der Waals surface area contributed by atoms with Crippen molar-refractivity contribution < 1.29 is 14.2 Å². The van der Waals surface area contributed by atoms with Crippen LogP contribution in [0.15, 0.2) is 23.6 Å². The number of nitrogens with two attached hydrogens (primary N) is 1. The number of hydrogen-bond donors (Lipinski definition) is 2. The van der Waals surface area contributed by atoms with E-state index in [0.29, 0.717) is 17.2 Å². The van der Waals surface area contributed by atoms with Crippen molar-refractivity contribution in [1.29, 1.82) is 0 Å². The molecule has 2 rings (SSSR count). The number of aryl methyl sites for hydroxylation is 1. The number of hydrazine groups is 1. The van der Waals surface area contributed by atoms with Crippen LogP contribution in [0.2, 0.25) is 0 Å². The van der Waals surface area contributed by atoms with E-state index < -0.39 is 0 Å². The van der Waals surface area contributed by atoms with Crippen LogP contribution in [0, 0.1) is 6.92 Å². The Morgan fingerprint density at radius 1 is 1.00 bits per heavy atom. The summed E-state index contributed by atoms with van der Waals surface area (Å²) in [5, 5.41) is 2.04. The summed E-state index contributed by atoms with van der Waals surface area (Å²) >= 11 is 1.68. The molecule has 0 saturated carbocycles. The van der Waals surface area contributed by atoms with Crippen LogP contribution in [-0.4, -0.2) is 21.3 Å². The topological polar surface area (TPSA) is 65.7 Å². The van der Waals surface area contributed by atoms with Crippen LogP contribution in [0.1, 0.15) is 22.0 Å². The van der Waals surface area contributed by atoms with E-state index in [1.54, 1.807) is 32.7 Å². The van der Waals surface area contributed by atoms with Crippen molar-refractivity contribution in [2.24, 2.45) is 5.84 Å². The molecule has 0 aliphatic rings. The maximum absolute atomic E-state index is 5.78. The van der Waals surface area contributed by atoms with Crippen LogP contribution in [0.3, 0.4) is 0 Å². The summed E-state index contributed by atoms with van der Waals surface area (Å²) in [4.78, 5) is 1.20. The normalized spacial score (nSPS) is 12.0. The molecule has 1 aromatic heterocycles. The minimum atomic E-state index is -0.175. The van der Waals surface area contributed by atoms with Crippen molar-refractivity contribution in [1.82, 2.24) is 5.43 Å². The highest BCUT2D eigenvalue weighted by atomic mass is 32.1. The summed E-state index contributed by atoms with van der Waals surface area (Å²) in [7, 11) is 4.79. The standard InChI is InChI=1S/C15H20N2O3S/c1-9-10(7-8-21-9)13(17-16)11-5-6-12(18-2)15(20-4)14(11)19-3/h5-8,13,17H,16H2,1-4H3. The van der Waals surface area contributed by atoms with E-state index in [4.69, 9.17) is 20.1 Å². The molecule has 0 aliphatic heterocycles. The molecule has 0 saturated heterocycles. The lowest BCUT2D eigenvalue weighted by molar-refractivity contribution is 0.320. The second-order valence-corrected chi connectivity index (χ2v) is 5.58. The Kier molecular flexibility index (Phi) is 5.06. The van der Waals surface area contributed by atoms with Crippen LogP contribution in [0.25, 0.3) is 0 Å². The van der Waals surface area contributed by atoms with Crippen molar-refractivity contribution in [2.45, 2.75) is 13.0 Å². The molecule has 1 atom stereocenters. The highest BCUT2D eigenvalue weighted by Gasteiger charge is 2.24. The van der Waals surface area contributed by atoms with Gasteiger partial charge in [0.15, 0.2) is 11.5 Å². The number of benzene rings is 1. The summed E-state index contributed by atoms with van der Waals surface area (Å²) in [6.45, 7) is 2.07. The number of thiophene rings is 1. The van der Waals surface area contributed by atoms with Crippen LogP contribution < -0.4 is 25.5 Å². The third kappa shape index (κ3) is 2.83. The third-order valence-corrected chi connectivity index (χ3v) is 4.28. The highest BCUT2D eigenvalue weighted by molar-refractivity contribution is 7.10. The Labute approximate surface area is 128 Å². The Morgan fingerprint density at radius 2 is 1.71 bits per heavy atom. The number of rotatable bonds is 6. The second kappa shape index (κ2) is 6.80. The average molecular weight is 308 g/mol. The van der Waals surface area contributed by atoms with Crippen LogP contribution >= 0.6 is 11.3 Å². The Bertz CT molecular complexity index is 613. The van der Waals surface area contributed by atoms with E-state index in [9.17, 15) is 0 Å². The number of hydrogen-bond acceptors (Lipinski definition) is 6. The third-order valence-electron chi connectivity index (χ3n) is 3.42. The second-order valence-electron chi connectivity index (χ2n) is 4.46. The van der Waals surface area contributed by atoms with E-state index in [1.807, 2.05) is 17.5 Å². The van der Waals surface area contributed by atoms with Crippen molar-refractivity contribution in [3.63, 3.8) is 0 Å². The summed E-state index contributed by atoms with van der Waals surface area (Å²) in [5.41, 5.74) is 4.88. The van der Waals surface area contributed by atoms with Gasteiger partial charge in [-0.2, -0.15) is 0 Å². The molecule has 0 aliphatic carbocycles. The smallest absolute Gasteiger partial charge is 0.203 e. The monoisotopic (exact) mass is 308 g/mol. The van der Waals surface area contributed by atoms with Gasteiger partial charge in [-0.05, 0) is 36.1 Å². The van der Waals surface area contributed by atoms with Gasteiger partial charge in [0.25, 0.3) is 0 Å². The number of methoxy groups -OCH3 is 3. The molecule has 0 amide bonds. The minimum Gasteiger partial charge on any atom is -0.493 e. The molecule has 2 aromatic rings. The van der Waals surface area contributed by atoms with E-state index in [0.717, 1.165) is 11.1 Å². The van der Waals surface area contributed by atoms with E-state index in [-0.39, 0.29) is 6.04 Å². The zero-order valence-corrected chi connectivity index (χ0v) is 13.4. The predicted octanol–water partition coefficient (Wildman–Crippen LogP) is 2.64. The van der Waals surface area contributed by atoms with E-state index in [1.165, 1.54) is 4.88 Å². The lowest BCUT2D eigenvalue weighted by Crippen LogP contribution is -2.29. The highest BCUT2D eigenvalue weighted by Crippen LogP contribution is 2.43. The van der Waals surface area contributed by atoms with Crippen molar-refractivity contribution in [3.05, 3.63) is 39.6 Å². The first-order valence-electron chi connectivity index (χ1n) is 6.46. The first kappa shape index (κ1) is 15.6. The molecule has 0 spiro atoms. The van der Waals surface area contributed by atoms with Crippen molar-refractivity contribution >= 4 is 11.3 Å². The van der Waals surface area contributed by atoms with Gasteiger partial charge in [-0.3, -0.25) is 5.84 Å². The van der Waals surface area contributed by atoms with Gasteiger partial charge in [0.05, 0.1) is 27.4 Å². The fraction of sp³-hybridized carbons (Fsp3) is 0.333. The zero-order chi connectivity index (χ0) is 15.4. The van der Waals surface area contributed by atoms with Gasteiger partial charge < -0.3 is 14.2 Å².